The maximum absolute atomic E-state index is 12.0. The van der Waals surface area contributed by atoms with Crippen LogP contribution in [0.1, 0.15) is 9.67 Å². The third kappa shape index (κ3) is 3.16. The minimum absolute atomic E-state index is 0.179. The number of rotatable bonds is 5. The molecular formula is C12H12N4OS2. The van der Waals surface area contributed by atoms with E-state index < -0.39 is 0 Å². The number of fused-ring (bicyclic) bond motifs is 1. The van der Waals surface area contributed by atoms with Crippen molar-refractivity contribution in [1.82, 2.24) is 15.5 Å². The Kier molecular flexibility index (Phi) is 4.60. The Balaban J connectivity index is 2.02. The van der Waals surface area contributed by atoms with Gasteiger partial charge in [-0.1, -0.05) is 5.92 Å². The number of hydrogen-bond acceptors (Lipinski definition) is 6. The van der Waals surface area contributed by atoms with E-state index in [0.717, 1.165) is 11.1 Å². The van der Waals surface area contributed by atoms with E-state index in [2.05, 4.69) is 21.4 Å². The number of aromatic nitrogens is 2. The molecule has 0 aliphatic carbocycles. The van der Waals surface area contributed by atoms with E-state index in [4.69, 9.17) is 12.2 Å². The van der Waals surface area contributed by atoms with Gasteiger partial charge in [0.2, 0.25) is 0 Å². The van der Waals surface area contributed by atoms with Gasteiger partial charge in [0.1, 0.15) is 9.71 Å². The van der Waals surface area contributed by atoms with E-state index in [-0.39, 0.29) is 5.91 Å². The van der Waals surface area contributed by atoms with Crippen LogP contribution in [-0.4, -0.2) is 34.2 Å². The summed E-state index contributed by atoms with van der Waals surface area (Å²) in [6.45, 7) is 0.560. The highest BCUT2D eigenvalue weighted by molar-refractivity contribution is 7.99. The van der Waals surface area contributed by atoms with Crippen LogP contribution in [-0.2, 0) is 0 Å². The van der Waals surface area contributed by atoms with E-state index in [1.807, 2.05) is 0 Å². The fourth-order valence-corrected chi connectivity index (χ4v) is 2.95. The lowest BCUT2D eigenvalue weighted by Crippen LogP contribution is -2.25. The summed E-state index contributed by atoms with van der Waals surface area (Å²) >= 11 is 2.85. The summed E-state index contributed by atoms with van der Waals surface area (Å²) in [5.74, 6) is 3.78. The van der Waals surface area contributed by atoms with Gasteiger partial charge in [-0.2, -0.15) is 5.10 Å². The van der Waals surface area contributed by atoms with Crippen molar-refractivity contribution >= 4 is 44.9 Å². The zero-order valence-corrected chi connectivity index (χ0v) is 11.7. The van der Waals surface area contributed by atoms with E-state index in [1.165, 1.54) is 11.3 Å². The number of nitrogens with zero attached hydrogens (tertiary/aromatic N) is 2. The molecule has 0 fully saturated rings. The summed E-state index contributed by atoms with van der Waals surface area (Å²) in [4.78, 5) is 13.1. The molecule has 7 heteroatoms. The van der Waals surface area contributed by atoms with Crippen LogP contribution in [0.25, 0.3) is 10.2 Å². The van der Waals surface area contributed by atoms with E-state index in [0.29, 0.717) is 27.7 Å². The molecule has 0 aromatic carbocycles. The van der Waals surface area contributed by atoms with Crippen molar-refractivity contribution < 1.29 is 4.79 Å². The van der Waals surface area contributed by atoms with Crippen LogP contribution < -0.4 is 11.1 Å². The summed E-state index contributed by atoms with van der Waals surface area (Å²) in [6, 6.07) is 1.76. The fraction of sp³-hybridized carbons (Fsp3) is 0.250. The predicted molar refractivity (Wildman–Crippen MR) is 80.3 cm³/mol. The number of nitrogens with one attached hydrogen (secondary N) is 1. The number of amides is 1. The molecular weight excluding hydrogens is 280 g/mol. The van der Waals surface area contributed by atoms with Crippen LogP contribution in [0.2, 0.25) is 0 Å². The molecule has 0 unspecified atom stereocenters. The fourth-order valence-electron chi connectivity index (χ4n) is 1.49. The molecule has 5 nitrogen and oxygen atoms in total. The highest BCUT2D eigenvalue weighted by Crippen LogP contribution is 2.31. The van der Waals surface area contributed by atoms with Gasteiger partial charge in [0, 0.05) is 17.7 Å². The Hall–Kier alpha value is -1.78. The van der Waals surface area contributed by atoms with Crippen molar-refractivity contribution in [3.63, 3.8) is 0 Å². The van der Waals surface area contributed by atoms with Gasteiger partial charge >= 0.3 is 0 Å². The summed E-state index contributed by atoms with van der Waals surface area (Å²) in [5.41, 5.74) is 6.40. The number of nitrogen functional groups attached to an aromatic ring is 1. The van der Waals surface area contributed by atoms with Gasteiger partial charge in [-0.3, -0.25) is 4.79 Å². The maximum atomic E-state index is 12.0. The summed E-state index contributed by atoms with van der Waals surface area (Å²) in [5, 5.41) is 11.3. The molecule has 1 amide bonds. The van der Waals surface area contributed by atoms with E-state index in [9.17, 15) is 4.79 Å². The topological polar surface area (TPSA) is 80.9 Å². The Bertz CT molecular complexity index is 632. The lowest BCUT2D eigenvalue weighted by Gasteiger charge is -2.03. The number of hydrogen-bond donors (Lipinski definition) is 2. The Morgan fingerprint density at radius 3 is 3.21 bits per heavy atom. The molecule has 0 aliphatic rings. The first kappa shape index (κ1) is 13.6. The molecule has 98 valence electrons. The van der Waals surface area contributed by atoms with Crippen molar-refractivity contribution in [1.29, 1.82) is 0 Å². The minimum Gasteiger partial charge on any atom is -0.397 e. The van der Waals surface area contributed by atoms with Gasteiger partial charge < -0.3 is 11.1 Å². The predicted octanol–water partition coefficient (Wildman–Crippen LogP) is 1.37. The van der Waals surface area contributed by atoms with Crippen molar-refractivity contribution in [2.45, 2.75) is 0 Å². The number of carbonyl (C=O) groups excluding carboxylic acids is 1. The Labute approximate surface area is 119 Å². The molecule has 0 atom stereocenters. The van der Waals surface area contributed by atoms with E-state index >= 15 is 0 Å². The number of terminal acetylenes is 1. The first-order valence-corrected chi connectivity index (χ1v) is 7.50. The maximum Gasteiger partial charge on any atom is 0.263 e. The second-order valence-corrected chi connectivity index (χ2v) is 5.71. The van der Waals surface area contributed by atoms with Crippen LogP contribution in [0.5, 0.6) is 0 Å². The normalized spacial score (nSPS) is 10.3. The molecule has 0 radical (unpaired) electrons. The second kappa shape index (κ2) is 6.41. The monoisotopic (exact) mass is 292 g/mol. The average Bonchev–Trinajstić information content (AvgIpc) is 2.76. The average molecular weight is 292 g/mol. The molecule has 0 aliphatic heterocycles. The molecule has 3 N–H and O–H groups in total. The van der Waals surface area contributed by atoms with Gasteiger partial charge in [-0.05, 0) is 6.07 Å². The van der Waals surface area contributed by atoms with Crippen LogP contribution in [0.15, 0.2) is 12.3 Å². The van der Waals surface area contributed by atoms with Crippen molar-refractivity contribution in [3.8, 4) is 12.3 Å². The summed E-state index contributed by atoms with van der Waals surface area (Å²) in [6.07, 6.45) is 6.70. The third-order valence-corrected chi connectivity index (χ3v) is 4.31. The van der Waals surface area contributed by atoms with Crippen molar-refractivity contribution in [3.05, 3.63) is 17.1 Å². The van der Waals surface area contributed by atoms with Crippen molar-refractivity contribution in [2.24, 2.45) is 0 Å². The second-order valence-electron chi connectivity index (χ2n) is 3.61. The number of anilines is 1. The van der Waals surface area contributed by atoms with Crippen LogP contribution in [0.3, 0.4) is 0 Å². The standard InChI is InChI=1S/C12H12N4OS2/c1-2-6-18-7-5-14-11(17)10-9(13)8-3-4-15-16-12(8)19-10/h1,3-4H,5-7,13H2,(H,14,17). The van der Waals surface area contributed by atoms with Gasteiger partial charge in [0.15, 0.2) is 0 Å². The Morgan fingerprint density at radius 1 is 1.63 bits per heavy atom. The third-order valence-electron chi connectivity index (χ3n) is 2.34. The summed E-state index contributed by atoms with van der Waals surface area (Å²) in [7, 11) is 0. The van der Waals surface area contributed by atoms with Gasteiger partial charge in [-0.15, -0.1) is 34.6 Å². The first-order chi connectivity index (χ1) is 9.24. The molecule has 0 saturated carbocycles. The van der Waals surface area contributed by atoms with Gasteiger partial charge in [0.25, 0.3) is 5.91 Å². The van der Waals surface area contributed by atoms with Gasteiger partial charge in [0.05, 0.1) is 17.6 Å². The lowest BCUT2D eigenvalue weighted by molar-refractivity contribution is 0.0961. The highest BCUT2D eigenvalue weighted by Gasteiger charge is 2.16. The number of thioether (sulfide) groups is 1. The Morgan fingerprint density at radius 2 is 2.47 bits per heavy atom. The highest BCUT2D eigenvalue weighted by atomic mass is 32.2. The zero-order chi connectivity index (χ0) is 13.7. The van der Waals surface area contributed by atoms with Crippen LogP contribution in [0.4, 0.5) is 5.69 Å². The van der Waals surface area contributed by atoms with Gasteiger partial charge in [-0.25, -0.2) is 0 Å². The molecule has 2 heterocycles. The molecule has 2 aromatic heterocycles. The van der Waals surface area contributed by atoms with E-state index in [1.54, 1.807) is 24.0 Å². The van der Waals surface area contributed by atoms with Crippen LogP contribution >= 0.6 is 23.1 Å². The molecule has 2 rings (SSSR count). The van der Waals surface area contributed by atoms with Crippen LogP contribution in [0, 0.1) is 12.3 Å². The lowest BCUT2D eigenvalue weighted by atomic mass is 10.3. The number of nitrogens with two attached hydrogens (primary N) is 1. The first-order valence-electron chi connectivity index (χ1n) is 5.53. The largest absolute Gasteiger partial charge is 0.397 e. The molecule has 2 aromatic rings. The quantitative estimate of drug-likeness (QED) is 0.642. The number of carbonyl (C=O) groups is 1. The molecule has 19 heavy (non-hydrogen) atoms. The van der Waals surface area contributed by atoms with Crippen molar-refractivity contribution in [2.75, 3.05) is 23.8 Å². The summed E-state index contributed by atoms with van der Waals surface area (Å²) < 4.78 is 0. The zero-order valence-electron chi connectivity index (χ0n) is 10.0. The molecule has 0 saturated heterocycles. The molecule has 0 spiro atoms. The number of thiophene rings is 1. The SMILES string of the molecule is C#CCSCCNC(=O)c1sc2nnccc2c1N. The minimum atomic E-state index is -0.179. The smallest absolute Gasteiger partial charge is 0.263 e. The molecule has 0 bridgehead atoms.